The van der Waals surface area contributed by atoms with Gasteiger partial charge in [0.1, 0.15) is 0 Å². The SMILES string of the molecule is CC(c1ccncc1)N1CCN(C(=O)CC2CCCC2)CC1. The van der Waals surface area contributed by atoms with E-state index in [9.17, 15) is 4.79 Å². The van der Waals surface area contributed by atoms with Crippen molar-refractivity contribution in [2.45, 2.75) is 45.1 Å². The smallest absolute Gasteiger partial charge is 0.222 e. The van der Waals surface area contributed by atoms with Gasteiger partial charge in [0.2, 0.25) is 5.91 Å². The van der Waals surface area contributed by atoms with E-state index in [1.165, 1.54) is 31.2 Å². The molecule has 0 bridgehead atoms. The zero-order valence-electron chi connectivity index (χ0n) is 13.6. The fraction of sp³-hybridized carbons (Fsp3) is 0.667. The van der Waals surface area contributed by atoms with Crippen LogP contribution in [0, 0.1) is 5.92 Å². The van der Waals surface area contributed by atoms with E-state index in [1.807, 2.05) is 12.4 Å². The minimum Gasteiger partial charge on any atom is -0.340 e. The van der Waals surface area contributed by atoms with E-state index in [0.29, 0.717) is 17.9 Å². The summed E-state index contributed by atoms with van der Waals surface area (Å²) in [5.74, 6) is 1.03. The maximum Gasteiger partial charge on any atom is 0.222 e. The average Bonchev–Trinajstić information content (AvgIpc) is 3.08. The van der Waals surface area contributed by atoms with Gasteiger partial charge in [0.25, 0.3) is 0 Å². The fourth-order valence-corrected chi connectivity index (χ4v) is 3.80. The molecule has 1 saturated heterocycles. The Morgan fingerprint density at radius 3 is 2.45 bits per heavy atom. The molecule has 2 fully saturated rings. The minimum absolute atomic E-state index is 0.378. The molecule has 0 aromatic carbocycles. The number of carbonyl (C=O) groups excluding carboxylic acids is 1. The molecule has 1 unspecified atom stereocenters. The van der Waals surface area contributed by atoms with Crippen LogP contribution in [0.2, 0.25) is 0 Å². The van der Waals surface area contributed by atoms with E-state index >= 15 is 0 Å². The lowest BCUT2D eigenvalue weighted by molar-refractivity contribution is -0.134. The van der Waals surface area contributed by atoms with E-state index in [4.69, 9.17) is 0 Å². The standard InChI is InChI=1S/C18H27N3O/c1-15(17-6-8-19-9-7-17)20-10-12-21(13-11-20)18(22)14-16-4-2-3-5-16/h6-9,15-16H,2-5,10-14H2,1H3. The minimum atomic E-state index is 0.378. The number of carbonyl (C=O) groups is 1. The van der Waals surface area contributed by atoms with Crippen molar-refractivity contribution >= 4 is 5.91 Å². The van der Waals surface area contributed by atoms with Gasteiger partial charge in [-0.05, 0) is 43.4 Å². The molecule has 3 rings (SSSR count). The van der Waals surface area contributed by atoms with Crippen LogP contribution in [0.4, 0.5) is 0 Å². The lowest BCUT2D eigenvalue weighted by Crippen LogP contribution is -2.49. The van der Waals surface area contributed by atoms with Crippen molar-refractivity contribution in [3.05, 3.63) is 30.1 Å². The molecule has 1 atom stereocenters. The maximum atomic E-state index is 12.4. The summed E-state index contributed by atoms with van der Waals surface area (Å²) in [6, 6.07) is 4.57. The summed E-state index contributed by atoms with van der Waals surface area (Å²) in [5, 5.41) is 0. The van der Waals surface area contributed by atoms with Crippen molar-refractivity contribution in [1.82, 2.24) is 14.8 Å². The highest BCUT2D eigenvalue weighted by Gasteiger charge is 2.27. The Morgan fingerprint density at radius 2 is 1.82 bits per heavy atom. The first-order valence-corrected chi connectivity index (χ1v) is 8.66. The lowest BCUT2D eigenvalue weighted by atomic mass is 10.0. The first-order chi connectivity index (χ1) is 10.7. The normalized spacial score (nSPS) is 22.0. The topological polar surface area (TPSA) is 36.4 Å². The van der Waals surface area contributed by atoms with Crippen LogP contribution in [0.15, 0.2) is 24.5 Å². The summed E-state index contributed by atoms with van der Waals surface area (Å²) in [6.07, 6.45) is 9.63. The molecular formula is C18H27N3O. The van der Waals surface area contributed by atoms with E-state index < -0.39 is 0 Å². The monoisotopic (exact) mass is 301 g/mol. The molecule has 0 N–H and O–H groups in total. The number of rotatable bonds is 4. The highest BCUT2D eigenvalue weighted by Crippen LogP contribution is 2.28. The molecule has 4 heteroatoms. The van der Waals surface area contributed by atoms with Gasteiger partial charge >= 0.3 is 0 Å². The largest absolute Gasteiger partial charge is 0.340 e. The number of piperazine rings is 1. The fourth-order valence-electron chi connectivity index (χ4n) is 3.80. The van der Waals surface area contributed by atoms with Crippen LogP contribution in [-0.4, -0.2) is 46.9 Å². The number of hydrogen-bond donors (Lipinski definition) is 0. The molecule has 22 heavy (non-hydrogen) atoms. The van der Waals surface area contributed by atoms with Crippen molar-refractivity contribution in [2.75, 3.05) is 26.2 Å². The molecule has 120 valence electrons. The summed E-state index contributed by atoms with van der Waals surface area (Å²) in [7, 11) is 0. The summed E-state index contributed by atoms with van der Waals surface area (Å²) >= 11 is 0. The molecule has 1 aliphatic carbocycles. The zero-order valence-corrected chi connectivity index (χ0v) is 13.6. The summed E-state index contributed by atoms with van der Waals surface area (Å²) in [6.45, 7) is 5.94. The lowest BCUT2D eigenvalue weighted by Gasteiger charge is -2.38. The van der Waals surface area contributed by atoms with Crippen molar-refractivity contribution in [3.63, 3.8) is 0 Å². The maximum absolute atomic E-state index is 12.4. The van der Waals surface area contributed by atoms with Crippen LogP contribution in [0.3, 0.4) is 0 Å². The third-order valence-electron chi connectivity index (χ3n) is 5.34. The van der Waals surface area contributed by atoms with Gasteiger partial charge in [-0.25, -0.2) is 0 Å². The first-order valence-electron chi connectivity index (χ1n) is 8.66. The molecule has 1 aromatic rings. The van der Waals surface area contributed by atoms with Gasteiger partial charge in [-0.1, -0.05) is 12.8 Å². The number of amides is 1. The predicted molar refractivity (Wildman–Crippen MR) is 87.4 cm³/mol. The summed E-state index contributed by atoms with van der Waals surface area (Å²) in [5.41, 5.74) is 1.31. The molecule has 1 amide bonds. The van der Waals surface area contributed by atoms with Crippen LogP contribution < -0.4 is 0 Å². The second-order valence-electron chi connectivity index (χ2n) is 6.73. The second-order valence-corrected chi connectivity index (χ2v) is 6.73. The van der Waals surface area contributed by atoms with Gasteiger partial charge < -0.3 is 4.90 Å². The first kappa shape index (κ1) is 15.5. The Bertz CT molecular complexity index is 476. The highest BCUT2D eigenvalue weighted by molar-refractivity contribution is 5.76. The van der Waals surface area contributed by atoms with Gasteiger partial charge in [-0.3, -0.25) is 14.7 Å². The Hall–Kier alpha value is -1.42. The van der Waals surface area contributed by atoms with E-state index in [0.717, 1.165) is 32.6 Å². The Balaban J connectivity index is 1.48. The third-order valence-corrected chi connectivity index (χ3v) is 5.34. The van der Waals surface area contributed by atoms with Crippen molar-refractivity contribution in [2.24, 2.45) is 5.92 Å². The van der Waals surface area contributed by atoms with E-state index in [-0.39, 0.29) is 0 Å². The molecule has 0 spiro atoms. The van der Waals surface area contributed by atoms with Crippen LogP contribution in [0.25, 0.3) is 0 Å². The summed E-state index contributed by atoms with van der Waals surface area (Å²) < 4.78 is 0. The number of pyridine rings is 1. The number of nitrogens with zero attached hydrogens (tertiary/aromatic N) is 3. The van der Waals surface area contributed by atoms with Gasteiger partial charge in [-0.15, -0.1) is 0 Å². The molecule has 1 aromatic heterocycles. The summed E-state index contributed by atoms with van der Waals surface area (Å²) in [4.78, 5) is 21.0. The van der Waals surface area contributed by atoms with Crippen LogP contribution in [0.1, 0.15) is 50.6 Å². The van der Waals surface area contributed by atoms with Gasteiger partial charge in [-0.2, -0.15) is 0 Å². The molecular weight excluding hydrogens is 274 g/mol. The van der Waals surface area contributed by atoms with Crippen molar-refractivity contribution in [1.29, 1.82) is 0 Å². The average molecular weight is 301 g/mol. The van der Waals surface area contributed by atoms with Crippen LogP contribution >= 0.6 is 0 Å². The van der Waals surface area contributed by atoms with E-state index in [2.05, 4.69) is 33.8 Å². The van der Waals surface area contributed by atoms with Crippen LogP contribution in [0.5, 0.6) is 0 Å². The van der Waals surface area contributed by atoms with Crippen molar-refractivity contribution < 1.29 is 4.79 Å². The van der Waals surface area contributed by atoms with E-state index in [1.54, 1.807) is 0 Å². The number of aromatic nitrogens is 1. The number of hydrogen-bond acceptors (Lipinski definition) is 3. The molecule has 2 heterocycles. The van der Waals surface area contributed by atoms with Gasteiger partial charge in [0, 0.05) is 51.0 Å². The van der Waals surface area contributed by atoms with Crippen molar-refractivity contribution in [3.8, 4) is 0 Å². The molecule has 0 radical (unpaired) electrons. The molecule has 4 nitrogen and oxygen atoms in total. The molecule has 2 aliphatic rings. The van der Waals surface area contributed by atoms with Gasteiger partial charge in [0.15, 0.2) is 0 Å². The molecule has 1 saturated carbocycles. The highest BCUT2D eigenvalue weighted by atomic mass is 16.2. The predicted octanol–water partition coefficient (Wildman–Crippen LogP) is 2.87. The zero-order chi connectivity index (χ0) is 15.4. The van der Waals surface area contributed by atoms with Gasteiger partial charge in [0.05, 0.1) is 0 Å². The quantitative estimate of drug-likeness (QED) is 0.858. The Labute approximate surface area is 133 Å². The Morgan fingerprint density at radius 1 is 1.18 bits per heavy atom. The molecule has 1 aliphatic heterocycles. The van der Waals surface area contributed by atoms with Crippen LogP contribution in [-0.2, 0) is 4.79 Å². The third kappa shape index (κ3) is 3.67. The Kier molecular flexibility index (Phi) is 5.08. The second kappa shape index (κ2) is 7.23.